The van der Waals surface area contributed by atoms with Crippen LogP contribution in [0.2, 0.25) is 0 Å². The van der Waals surface area contributed by atoms with E-state index in [0.717, 1.165) is 0 Å². The number of fused-ring (bicyclic) bond motifs is 1. The fourth-order valence-corrected chi connectivity index (χ4v) is 4.63. The van der Waals surface area contributed by atoms with Crippen LogP contribution in [0.25, 0.3) is 0 Å². The Kier molecular flexibility index (Phi) is 5.99. The zero-order chi connectivity index (χ0) is 23.0. The Labute approximate surface area is 177 Å². The van der Waals surface area contributed by atoms with Crippen LogP contribution in [0.15, 0.2) is 47.4 Å². The number of halogens is 3. The third kappa shape index (κ3) is 4.98. The Morgan fingerprint density at radius 1 is 1.16 bits per heavy atom. The number of amides is 2. The molecule has 0 fully saturated rings. The van der Waals surface area contributed by atoms with Crippen molar-refractivity contribution in [3.63, 3.8) is 0 Å². The van der Waals surface area contributed by atoms with Crippen molar-refractivity contribution in [2.24, 2.45) is 0 Å². The van der Waals surface area contributed by atoms with Crippen molar-refractivity contribution in [3.05, 3.63) is 53.6 Å². The van der Waals surface area contributed by atoms with Gasteiger partial charge < -0.3 is 10.2 Å². The minimum atomic E-state index is -4.60. The van der Waals surface area contributed by atoms with Gasteiger partial charge in [-0.3, -0.25) is 14.3 Å². The molecule has 1 unspecified atom stereocenters. The predicted octanol–water partition coefficient (Wildman–Crippen LogP) is 3.08. The van der Waals surface area contributed by atoms with E-state index in [1.165, 1.54) is 49.4 Å². The summed E-state index contributed by atoms with van der Waals surface area (Å²) in [5.74, 6) is -1.21. The molecule has 11 heteroatoms. The smallest absolute Gasteiger partial charge is 0.343 e. The van der Waals surface area contributed by atoms with Crippen molar-refractivity contribution in [2.75, 3.05) is 16.2 Å². The monoisotopic (exact) mass is 455 g/mol. The molecule has 0 saturated heterocycles. The number of nitrogens with zero attached hydrogens (tertiary/aromatic N) is 1. The maximum absolute atomic E-state index is 12.9. The average Bonchev–Trinajstić information content (AvgIpc) is 3.00. The molecule has 1 aliphatic rings. The van der Waals surface area contributed by atoms with E-state index in [-0.39, 0.29) is 28.1 Å². The standard InChI is InChI=1S/C20H20F3N3O4S/c1-12-9-14-10-15(7-8-18(14)26(12)13(2)27)31(29,30)25-17-6-4-3-5-16(17)19(28)24-11-20(21,22)23/h3-8,10,12,25H,9,11H2,1-2H3,(H,24,28). The van der Waals surface area contributed by atoms with Crippen LogP contribution in [0, 0.1) is 0 Å². The van der Waals surface area contributed by atoms with Gasteiger partial charge in [-0.2, -0.15) is 13.2 Å². The third-order valence-electron chi connectivity index (χ3n) is 4.78. The summed E-state index contributed by atoms with van der Waals surface area (Å²) in [7, 11) is -4.15. The topological polar surface area (TPSA) is 95.6 Å². The number of hydrogen-bond acceptors (Lipinski definition) is 4. The van der Waals surface area contributed by atoms with Gasteiger partial charge in [-0.25, -0.2) is 8.42 Å². The lowest BCUT2D eigenvalue weighted by atomic mass is 10.1. The maximum atomic E-state index is 12.9. The quantitative estimate of drug-likeness (QED) is 0.725. The highest BCUT2D eigenvalue weighted by Crippen LogP contribution is 2.34. The second-order valence-corrected chi connectivity index (χ2v) is 8.86. The number of benzene rings is 2. The first-order valence-corrected chi connectivity index (χ1v) is 10.8. The van der Waals surface area contributed by atoms with Crippen LogP contribution < -0.4 is 14.9 Å². The number of anilines is 2. The molecule has 2 aromatic rings. The molecule has 0 radical (unpaired) electrons. The summed E-state index contributed by atoms with van der Waals surface area (Å²) in [6, 6.07) is 9.57. The first kappa shape index (κ1) is 22.6. The van der Waals surface area contributed by atoms with E-state index in [2.05, 4.69) is 4.72 Å². The van der Waals surface area contributed by atoms with Gasteiger partial charge in [-0.1, -0.05) is 12.1 Å². The Hall–Kier alpha value is -3.08. The fourth-order valence-electron chi connectivity index (χ4n) is 3.50. The number of carbonyl (C=O) groups excluding carboxylic acids is 2. The Balaban J connectivity index is 1.87. The summed E-state index contributed by atoms with van der Waals surface area (Å²) in [5, 5.41) is 1.72. The van der Waals surface area contributed by atoms with Crippen LogP contribution in [0.4, 0.5) is 24.5 Å². The Bertz CT molecular complexity index is 1130. The minimum Gasteiger partial charge on any atom is -0.343 e. The van der Waals surface area contributed by atoms with E-state index in [1.54, 1.807) is 10.2 Å². The van der Waals surface area contributed by atoms with Gasteiger partial charge in [0.1, 0.15) is 6.54 Å². The molecule has 1 aliphatic heterocycles. The largest absolute Gasteiger partial charge is 0.405 e. The highest BCUT2D eigenvalue weighted by atomic mass is 32.2. The van der Waals surface area contributed by atoms with Crippen LogP contribution in [0.1, 0.15) is 29.8 Å². The fraction of sp³-hybridized carbons (Fsp3) is 0.300. The molecule has 166 valence electrons. The molecule has 7 nitrogen and oxygen atoms in total. The number of rotatable bonds is 5. The first-order chi connectivity index (χ1) is 14.4. The average molecular weight is 455 g/mol. The van der Waals surface area contributed by atoms with Crippen LogP contribution in [-0.4, -0.2) is 39.0 Å². The van der Waals surface area contributed by atoms with Crippen molar-refractivity contribution in [1.29, 1.82) is 0 Å². The second-order valence-electron chi connectivity index (χ2n) is 7.18. The summed E-state index contributed by atoms with van der Waals surface area (Å²) in [5.41, 5.74) is 0.918. The first-order valence-electron chi connectivity index (χ1n) is 9.28. The SMILES string of the molecule is CC(=O)N1c2ccc(S(=O)(=O)Nc3ccccc3C(=O)NCC(F)(F)F)cc2CC1C. The lowest BCUT2D eigenvalue weighted by Crippen LogP contribution is -2.34. The minimum absolute atomic E-state index is 0.0886. The molecular formula is C20H20F3N3O4S. The number of nitrogens with one attached hydrogen (secondary N) is 2. The van der Waals surface area contributed by atoms with Crippen molar-refractivity contribution in [3.8, 4) is 0 Å². The Morgan fingerprint density at radius 2 is 1.84 bits per heavy atom. The van der Waals surface area contributed by atoms with Crippen molar-refractivity contribution in [1.82, 2.24) is 5.32 Å². The van der Waals surface area contributed by atoms with Crippen LogP contribution in [-0.2, 0) is 21.2 Å². The zero-order valence-electron chi connectivity index (χ0n) is 16.7. The van der Waals surface area contributed by atoms with Gasteiger partial charge in [0, 0.05) is 18.7 Å². The van der Waals surface area contributed by atoms with Gasteiger partial charge in [0.15, 0.2) is 0 Å². The molecule has 2 aromatic carbocycles. The van der Waals surface area contributed by atoms with Crippen molar-refractivity contribution >= 4 is 33.2 Å². The molecule has 0 bridgehead atoms. The lowest BCUT2D eigenvalue weighted by Gasteiger charge is -2.20. The van der Waals surface area contributed by atoms with Gasteiger partial charge in [-0.05, 0) is 49.2 Å². The van der Waals surface area contributed by atoms with E-state index in [1.807, 2.05) is 6.92 Å². The van der Waals surface area contributed by atoms with Gasteiger partial charge in [0.05, 0.1) is 16.1 Å². The number of sulfonamides is 1. The van der Waals surface area contributed by atoms with E-state index in [4.69, 9.17) is 0 Å². The molecule has 0 spiro atoms. The molecule has 0 aliphatic carbocycles. The summed E-state index contributed by atoms with van der Waals surface area (Å²) in [6.07, 6.45) is -4.12. The maximum Gasteiger partial charge on any atom is 0.405 e. The molecular weight excluding hydrogens is 435 g/mol. The molecule has 1 heterocycles. The lowest BCUT2D eigenvalue weighted by molar-refractivity contribution is -0.123. The third-order valence-corrected chi connectivity index (χ3v) is 6.14. The van der Waals surface area contributed by atoms with Gasteiger partial charge in [0.2, 0.25) is 5.91 Å². The highest BCUT2D eigenvalue weighted by Gasteiger charge is 2.31. The summed E-state index contributed by atoms with van der Waals surface area (Å²) in [6.45, 7) is 1.74. The molecule has 0 aromatic heterocycles. The number of carbonyl (C=O) groups is 2. The number of para-hydroxylation sites is 1. The van der Waals surface area contributed by atoms with Crippen LogP contribution in [0.5, 0.6) is 0 Å². The van der Waals surface area contributed by atoms with Gasteiger partial charge in [-0.15, -0.1) is 0 Å². The van der Waals surface area contributed by atoms with Gasteiger partial charge in [0.25, 0.3) is 15.9 Å². The van der Waals surface area contributed by atoms with E-state index in [0.29, 0.717) is 17.7 Å². The van der Waals surface area contributed by atoms with E-state index < -0.39 is 28.7 Å². The van der Waals surface area contributed by atoms with E-state index in [9.17, 15) is 31.2 Å². The summed E-state index contributed by atoms with van der Waals surface area (Å²) >= 11 is 0. The van der Waals surface area contributed by atoms with Crippen molar-refractivity contribution in [2.45, 2.75) is 37.4 Å². The number of hydrogen-bond donors (Lipinski definition) is 2. The molecule has 2 amide bonds. The second kappa shape index (κ2) is 8.22. The predicted molar refractivity (Wildman–Crippen MR) is 108 cm³/mol. The van der Waals surface area contributed by atoms with Crippen molar-refractivity contribution < 1.29 is 31.2 Å². The van der Waals surface area contributed by atoms with E-state index >= 15 is 0 Å². The molecule has 3 rings (SSSR count). The van der Waals surface area contributed by atoms with Crippen LogP contribution >= 0.6 is 0 Å². The Morgan fingerprint density at radius 3 is 2.48 bits per heavy atom. The summed E-state index contributed by atoms with van der Waals surface area (Å²) in [4.78, 5) is 25.5. The van der Waals surface area contributed by atoms with Gasteiger partial charge >= 0.3 is 6.18 Å². The molecule has 31 heavy (non-hydrogen) atoms. The molecule has 0 saturated carbocycles. The highest BCUT2D eigenvalue weighted by molar-refractivity contribution is 7.92. The summed E-state index contributed by atoms with van der Waals surface area (Å²) < 4.78 is 65.2. The molecule has 2 N–H and O–H groups in total. The zero-order valence-corrected chi connectivity index (χ0v) is 17.5. The number of alkyl halides is 3. The van der Waals surface area contributed by atoms with Crippen LogP contribution in [0.3, 0.4) is 0 Å². The molecule has 1 atom stereocenters. The normalized spacial score (nSPS) is 16.0.